The Morgan fingerprint density at radius 2 is 1.00 bits per heavy atom. The Morgan fingerprint density at radius 1 is 0.532 bits per heavy atom. The predicted molar refractivity (Wildman–Crippen MR) is 319 cm³/mol. The smallest absolute Gasteiger partial charge is 0.306 e. The van der Waals surface area contributed by atoms with E-state index < -0.39 is 67.4 Å². The highest BCUT2D eigenvalue weighted by molar-refractivity contribution is 5.80. The topological polar surface area (TPSA) is 175 Å². The maximum Gasteiger partial charge on any atom is 0.306 e. The second-order valence-electron chi connectivity index (χ2n) is 20.4. The lowest BCUT2D eigenvalue weighted by Crippen LogP contribution is -2.61. The van der Waals surface area contributed by atoms with Gasteiger partial charge in [-0.2, -0.15) is 0 Å². The van der Waals surface area contributed by atoms with Gasteiger partial charge in [0, 0.05) is 6.42 Å². The Hall–Kier alpha value is -3.94. The number of carbonyl (C=O) groups is 2. The van der Waals surface area contributed by atoms with Crippen LogP contribution in [-0.4, -0.2) is 99.6 Å². The lowest BCUT2D eigenvalue weighted by atomic mass is 9.99. The fourth-order valence-electron chi connectivity index (χ4n) is 8.69. The molecule has 0 aromatic carbocycles. The molecule has 1 saturated heterocycles. The second-order valence-corrected chi connectivity index (χ2v) is 20.4. The van der Waals surface area contributed by atoms with Crippen LogP contribution in [0.4, 0.5) is 0 Å². The van der Waals surface area contributed by atoms with Crippen molar-refractivity contribution >= 4 is 11.9 Å². The summed E-state index contributed by atoms with van der Waals surface area (Å²) in [6, 6.07) is -1.05. The largest absolute Gasteiger partial charge is 0.454 e. The minimum Gasteiger partial charge on any atom is -0.454 e. The average molecular weight is 1080 g/mol. The zero-order valence-electron chi connectivity index (χ0n) is 48.3. The first-order chi connectivity index (χ1) is 37.7. The maximum atomic E-state index is 13.4. The van der Waals surface area contributed by atoms with E-state index in [0.29, 0.717) is 12.8 Å². The van der Waals surface area contributed by atoms with Gasteiger partial charge in [-0.05, 0) is 89.9 Å². The number of allylic oxidation sites excluding steroid dienone is 19. The van der Waals surface area contributed by atoms with Crippen molar-refractivity contribution in [1.29, 1.82) is 0 Å². The normalized spacial score (nSPS) is 19.9. The van der Waals surface area contributed by atoms with Crippen LogP contribution in [-0.2, 0) is 23.8 Å². The van der Waals surface area contributed by atoms with Crippen LogP contribution >= 0.6 is 0 Å². The second kappa shape index (κ2) is 52.7. The van der Waals surface area contributed by atoms with Crippen molar-refractivity contribution in [2.75, 3.05) is 13.2 Å². The Morgan fingerprint density at radius 3 is 1.56 bits per heavy atom. The number of ether oxygens (including phenoxy) is 3. The molecule has 1 fully saturated rings. The number of aliphatic hydroxyl groups is 5. The lowest BCUT2D eigenvalue weighted by Gasteiger charge is -2.41. The predicted octanol–water partition coefficient (Wildman–Crippen LogP) is 14.3. The number of rotatable bonds is 49. The van der Waals surface area contributed by atoms with Crippen LogP contribution in [0.1, 0.15) is 220 Å². The Kier molecular flexibility index (Phi) is 48.7. The van der Waals surface area contributed by atoms with Crippen molar-refractivity contribution in [1.82, 2.24) is 5.32 Å². The fourth-order valence-corrected chi connectivity index (χ4v) is 8.69. The number of unbranched alkanes of at least 4 members (excludes halogenated alkanes) is 20. The van der Waals surface area contributed by atoms with Crippen molar-refractivity contribution in [3.05, 3.63) is 122 Å². The van der Waals surface area contributed by atoms with Crippen LogP contribution in [0.15, 0.2) is 122 Å². The van der Waals surface area contributed by atoms with Crippen LogP contribution < -0.4 is 5.32 Å². The summed E-state index contributed by atoms with van der Waals surface area (Å²) in [5.74, 6) is -1.26. The molecule has 0 bridgehead atoms. The summed E-state index contributed by atoms with van der Waals surface area (Å²) >= 11 is 0. The number of amides is 1. The summed E-state index contributed by atoms with van der Waals surface area (Å²) in [5.41, 5.74) is 0. The van der Waals surface area contributed by atoms with Crippen LogP contribution in [0.2, 0.25) is 0 Å². The van der Waals surface area contributed by atoms with Crippen LogP contribution in [0.25, 0.3) is 0 Å². The van der Waals surface area contributed by atoms with E-state index in [0.717, 1.165) is 122 Å². The summed E-state index contributed by atoms with van der Waals surface area (Å²) in [6.07, 6.45) is 62.4. The Labute approximate surface area is 468 Å². The van der Waals surface area contributed by atoms with Crippen molar-refractivity contribution in [2.24, 2.45) is 0 Å². The number of hydrogen-bond acceptors (Lipinski definition) is 10. The molecule has 0 aromatic heterocycles. The van der Waals surface area contributed by atoms with E-state index in [2.05, 4.69) is 92.9 Å². The van der Waals surface area contributed by atoms with Gasteiger partial charge >= 0.3 is 5.97 Å². The number of nitrogens with one attached hydrogen (secondary N) is 1. The standard InChI is InChI=1S/C66H109NO10/c1-4-7-10-13-16-19-22-25-26-27-28-29-30-31-32-33-34-36-39-42-45-48-51-54-61(71)77-64-63(73)62(72)60(55-68)76-66(64)75-56-57(58(69)52-49-46-43-40-38-35-23-20-17-14-11-8-5-2)67-65(74)59(70)53-50-47-44-41-37-24-21-18-15-12-9-6-3/h7,9-10,12,15-16,18-19,21,24-26,28-29,31-32,37,41,49,52,57-60,62-64,66,68-70,72-73H,4-6,8,11,13-14,17,20,22-23,27,30,33-36,38-40,42-48,50-51,53-56H2,1-3H3,(H,67,74)/b10-7-,12-9+,18-15+,19-16-,24-21-,26-25-,29-28-,32-31-,41-37-,52-49+. The van der Waals surface area contributed by atoms with Gasteiger partial charge < -0.3 is 45.1 Å². The molecule has 0 spiro atoms. The third kappa shape index (κ3) is 40.8. The molecule has 1 aliphatic heterocycles. The van der Waals surface area contributed by atoms with E-state index in [-0.39, 0.29) is 19.4 Å². The molecule has 1 heterocycles. The highest BCUT2D eigenvalue weighted by atomic mass is 16.7. The number of carbonyl (C=O) groups excluding carboxylic acids is 2. The zero-order valence-corrected chi connectivity index (χ0v) is 48.3. The quantitative estimate of drug-likeness (QED) is 0.0149. The summed E-state index contributed by atoms with van der Waals surface area (Å²) in [4.78, 5) is 26.5. The highest BCUT2D eigenvalue weighted by Crippen LogP contribution is 2.26. The Balaban J connectivity index is 2.69. The van der Waals surface area contributed by atoms with E-state index in [1.54, 1.807) is 6.08 Å². The highest BCUT2D eigenvalue weighted by Gasteiger charge is 2.47. The zero-order chi connectivity index (χ0) is 56.1. The molecule has 0 radical (unpaired) electrons. The minimum absolute atomic E-state index is 0.0981. The van der Waals surface area contributed by atoms with Crippen LogP contribution in [0.3, 0.4) is 0 Å². The van der Waals surface area contributed by atoms with Gasteiger partial charge in [0.25, 0.3) is 0 Å². The number of aliphatic hydroxyl groups excluding tert-OH is 5. The molecule has 0 aliphatic carbocycles. The minimum atomic E-state index is -1.63. The Bertz CT molecular complexity index is 1710. The third-order valence-electron chi connectivity index (χ3n) is 13.5. The van der Waals surface area contributed by atoms with Crippen LogP contribution in [0, 0.1) is 0 Å². The van der Waals surface area contributed by atoms with E-state index >= 15 is 0 Å². The first-order valence-electron chi connectivity index (χ1n) is 30.4. The lowest BCUT2D eigenvalue weighted by molar-refractivity contribution is -0.305. The fraction of sp³-hybridized carbons (Fsp3) is 0.667. The molecule has 11 nitrogen and oxygen atoms in total. The third-order valence-corrected chi connectivity index (χ3v) is 13.5. The molecule has 0 saturated carbocycles. The van der Waals surface area contributed by atoms with Gasteiger partial charge in [0.2, 0.25) is 5.91 Å². The van der Waals surface area contributed by atoms with Crippen molar-refractivity contribution in [3.63, 3.8) is 0 Å². The molecular formula is C66H109NO10. The molecule has 6 N–H and O–H groups in total. The summed E-state index contributed by atoms with van der Waals surface area (Å²) in [5, 5.41) is 56.8. The molecule has 11 heteroatoms. The molecule has 77 heavy (non-hydrogen) atoms. The van der Waals surface area contributed by atoms with Gasteiger partial charge in [0.15, 0.2) is 12.4 Å². The molecule has 1 amide bonds. The monoisotopic (exact) mass is 1080 g/mol. The molecule has 1 aliphatic rings. The van der Waals surface area contributed by atoms with E-state index in [9.17, 15) is 35.1 Å². The van der Waals surface area contributed by atoms with Crippen molar-refractivity contribution in [2.45, 2.75) is 269 Å². The van der Waals surface area contributed by atoms with Gasteiger partial charge in [-0.3, -0.25) is 9.59 Å². The van der Waals surface area contributed by atoms with E-state index in [4.69, 9.17) is 14.2 Å². The molecule has 438 valence electrons. The molecule has 0 aromatic rings. The number of esters is 1. The van der Waals surface area contributed by atoms with Crippen molar-refractivity contribution in [3.8, 4) is 0 Å². The molecule has 8 atom stereocenters. The first-order valence-corrected chi connectivity index (χ1v) is 30.4. The number of hydrogen-bond donors (Lipinski definition) is 6. The van der Waals surface area contributed by atoms with Gasteiger partial charge in [0.05, 0.1) is 25.4 Å². The van der Waals surface area contributed by atoms with Gasteiger partial charge in [-0.25, -0.2) is 0 Å². The van der Waals surface area contributed by atoms with Gasteiger partial charge in [-0.15, -0.1) is 0 Å². The first kappa shape index (κ1) is 71.1. The average Bonchev–Trinajstić information content (AvgIpc) is 3.43. The van der Waals surface area contributed by atoms with E-state index in [1.807, 2.05) is 48.6 Å². The summed E-state index contributed by atoms with van der Waals surface area (Å²) < 4.78 is 17.6. The molecular weight excluding hydrogens is 967 g/mol. The summed E-state index contributed by atoms with van der Waals surface area (Å²) in [7, 11) is 0. The van der Waals surface area contributed by atoms with Crippen LogP contribution in [0.5, 0.6) is 0 Å². The SMILES string of the molecule is CC/C=C\C/C=C\C/C=C\C/C=C\C/C=C\CCCCCCCCCC(=O)OC1C(OCC(NC(=O)C(O)CCCC\C=C/C=C\C=C\C=C\CC)C(O)/C=C/CCCCCCCCCCCCC)OC(CO)C(O)C1O. The van der Waals surface area contributed by atoms with E-state index in [1.165, 1.54) is 51.4 Å². The van der Waals surface area contributed by atoms with Gasteiger partial charge in [0.1, 0.15) is 24.4 Å². The van der Waals surface area contributed by atoms with Gasteiger partial charge in [-0.1, -0.05) is 245 Å². The van der Waals surface area contributed by atoms with Crippen molar-refractivity contribution < 1.29 is 49.3 Å². The maximum absolute atomic E-state index is 13.4. The summed E-state index contributed by atoms with van der Waals surface area (Å²) in [6.45, 7) is 5.48. The molecule has 8 unspecified atom stereocenters. The molecule has 1 rings (SSSR count).